The van der Waals surface area contributed by atoms with Crippen LogP contribution < -0.4 is 0 Å². The van der Waals surface area contributed by atoms with Gasteiger partial charge in [0.1, 0.15) is 17.8 Å². The van der Waals surface area contributed by atoms with E-state index in [0.717, 1.165) is 0 Å². The smallest absolute Gasteiger partial charge is 0.338 e. The Hall–Kier alpha value is -2.92. The molecule has 1 aliphatic heterocycles. The van der Waals surface area contributed by atoms with Gasteiger partial charge < -0.3 is 29.5 Å². The first-order valence-corrected chi connectivity index (χ1v) is 13.1. The Morgan fingerprint density at radius 1 is 1.08 bits per heavy atom. The Morgan fingerprint density at radius 2 is 1.72 bits per heavy atom. The maximum Gasteiger partial charge on any atom is 0.338 e. The van der Waals surface area contributed by atoms with Gasteiger partial charge in [-0.2, -0.15) is 0 Å². The van der Waals surface area contributed by atoms with Crippen molar-refractivity contribution >= 4 is 23.5 Å². The number of benzene rings is 1. The van der Waals surface area contributed by atoms with E-state index in [9.17, 15) is 34.5 Å². The summed E-state index contributed by atoms with van der Waals surface area (Å²) in [6.45, 7) is 7.00. The molecular formula is C29H34O10. The number of hydrogen-bond acceptors (Lipinski definition) is 10. The molecule has 8 atom stereocenters. The molecule has 2 saturated carbocycles. The molecule has 0 radical (unpaired) electrons. The first-order valence-electron chi connectivity index (χ1n) is 13.1. The van der Waals surface area contributed by atoms with Crippen LogP contribution in [0.25, 0.3) is 0 Å². The van der Waals surface area contributed by atoms with E-state index in [1.165, 1.54) is 32.9 Å². The van der Waals surface area contributed by atoms with Crippen LogP contribution in [-0.2, 0) is 28.6 Å². The Bertz CT molecular complexity index is 1280. The molecule has 1 aromatic carbocycles. The van der Waals surface area contributed by atoms with Gasteiger partial charge in [-0.25, -0.2) is 4.79 Å². The highest BCUT2D eigenvalue weighted by Crippen LogP contribution is 2.63. The molecule has 1 saturated heterocycles. The van der Waals surface area contributed by atoms with Crippen LogP contribution in [0.15, 0.2) is 41.5 Å². The van der Waals surface area contributed by atoms with Gasteiger partial charge >= 0.3 is 11.9 Å². The fourth-order valence-corrected chi connectivity index (χ4v) is 7.45. The number of rotatable bonds is 3. The van der Waals surface area contributed by atoms with E-state index in [0.29, 0.717) is 0 Å². The standard InChI is InChI=1S/C29H34O10/c1-14-17(31)12-29(36)24(38-25(35)16-9-7-6-8-10-16)22-27(5,23(34)21(33)20(14)26(29,3)4)18(32)11-19-28(22,13-37-19)39-15(2)30/h6-10,17-19,22,24,31-32,36H,11-13H2,1-5H3/t17-,18+,19-,22?,24-,27-,28-,29+/m0/s1. The number of carbonyl (C=O) groups excluding carboxylic acids is 4. The van der Waals surface area contributed by atoms with Gasteiger partial charge in [0.2, 0.25) is 11.6 Å². The summed E-state index contributed by atoms with van der Waals surface area (Å²) in [5.74, 6) is -4.86. The second-order valence-electron chi connectivity index (χ2n) is 12.0. The third-order valence-corrected chi connectivity index (χ3v) is 9.74. The lowest BCUT2D eigenvalue weighted by molar-refractivity contribution is -0.343. The summed E-state index contributed by atoms with van der Waals surface area (Å²) in [4.78, 5) is 54.1. The van der Waals surface area contributed by atoms with Crippen molar-refractivity contribution in [2.24, 2.45) is 16.7 Å². The van der Waals surface area contributed by atoms with Crippen molar-refractivity contribution in [1.29, 1.82) is 0 Å². The lowest BCUT2D eigenvalue weighted by Crippen LogP contribution is -2.81. The molecule has 2 bridgehead atoms. The average Bonchev–Trinajstić information content (AvgIpc) is 2.87. The SMILES string of the molecule is CC(=O)O[C@@]12CO[C@H]1C[C@@H](O)[C@]1(C)C(=O)C(=O)C3=C(C)[C@@H](O)C[C@@](O)([C@@H](OC(=O)c4ccccc4)C21)C3(C)C. The largest absolute Gasteiger partial charge is 0.455 e. The number of ether oxygens (including phenoxy) is 3. The van der Waals surface area contributed by atoms with E-state index in [1.807, 2.05) is 0 Å². The maximum atomic E-state index is 14.2. The molecule has 210 valence electrons. The second-order valence-corrected chi connectivity index (χ2v) is 12.0. The van der Waals surface area contributed by atoms with Gasteiger partial charge in [0.15, 0.2) is 5.60 Å². The molecule has 0 aromatic heterocycles. The molecule has 10 nitrogen and oxygen atoms in total. The molecule has 39 heavy (non-hydrogen) atoms. The number of fused-ring (bicyclic) bond motifs is 5. The summed E-state index contributed by atoms with van der Waals surface area (Å²) < 4.78 is 17.6. The Kier molecular flexibility index (Phi) is 6.23. The van der Waals surface area contributed by atoms with E-state index in [1.54, 1.807) is 32.0 Å². The van der Waals surface area contributed by atoms with Gasteiger partial charge in [0.25, 0.3) is 0 Å². The normalized spacial score (nSPS) is 40.9. The van der Waals surface area contributed by atoms with Crippen molar-refractivity contribution in [3.63, 3.8) is 0 Å². The highest BCUT2D eigenvalue weighted by molar-refractivity contribution is 6.46. The highest BCUT2D eigenvalue weighted by Gasteiger charge is 2.78. The van der Waals surface area contributed by atoms with E-state index >= 15 is 0 Å². The van der Waals surface area contributed by atoms with Crippen LogP contribution >= 0.6 is 0 Å². The maximum absolute atomic E-state index is 14.2. The number of ketones is 2. The molecule has 4 aliphatic rings. The molecule has 1 unspecified atom stereocenters. The fraction of sp³-hybridized carbons (Fsp3) is 0.586. The molecular weight excluding hydrogens is 508 g/mol. The molecule has 10 heteroatoms. The van der Waals surface area contributed by atoms with Gasteiger partial charge in [0, 0.05) is 30.8 Å². The van der Waals surface area contributed by atoms with Crippen LogP contribution in [0.1, 0.15) is 57.8 Å². The zero-order valence-electron chi connectivity index (χ0n) is 22.6. The molecule has 3 N–H and O–H groups in total. The van der Waals surface area contributed by atoms with E-state index in [2.05, 4.69) is 0 Å². The predicted molar refractivity (Wildman–Crippen MR) is 134 cm³/mol. The lowest BCUT2D eigenvalue weighted by Gasteiger charge is -2.66. The summed E-state index contributed by atoms with van der Waals surface area (Å²) in [6.07, 6.45) is -5.74. The van der Waals surface area contributed by atoms with Gasteiger partial charge in [-0.05, 0) is 31.6 Å². The molecule has 3 fully saturated rings. The van der Waals surface area contributed by atoms with Crippen molar-refractivity contribution in [3.8, 4) is 0 Å². The Morgan fingerprint density at radius 3 is 2.28 bits per heavy atom. The highest BCUT2D eigenvalue weighted by atomic mass is 16.6. The zero-order chi connectivity index (χ0) is 28.7. The predicted octanol–water partition coefficient (Wildman–Crippen LogP) is 1.29. The first-order chi connectivity index (χ1) is 18.1. The van der Waals surface area contributed by atoms with Crippen LogP contribution in [0.4, 0.5) is 0 Å². The fourth-order valence-electron chi connectivity index (χ4n) is 7.45. The van der Waals surface area contributed by atoms with Crippen LogP contribution in [-0.4, -0.2) is 81.0 Å². The monoisotopic (exact) mass is 542 g/mol. The quantitative estimate of drug-likeness (QED) is 0.376. The molecule has 1 aromatic rings. The molecule has 3 aliphatic carbocycles. The van der Waals surface area contributed by atoms with Crippen molar-refractivity contribution in [1.82, 2.24) is 0 Å². The molecule has 1 heterocycles. The minimum Gasteiger partial charge on any atom is -0.455 e. The minimum atomic E-state index is -2.13. The van der Waals surface area contributed by atoms with E-state index in [-0.39, 0.29) is 36.2 Å². The number of carbonyl (C=O) groups is 4. The Balaban J connectivity index is 1.82. The topological polar surface area (TPSA) is 157 Å². The van der Waals surface area contributed by atoms with Crippen LogP contribution in [0.5, 0.6) is 0 Å². The third kappa shape index (κ3) is 3.54. The van der Waals surface area contributed by atoms with E-state index < -0.39 is 75.9 Å². The number of hydrogen-bond donors (Lipinski definition) is 3. The Labute approximate surface area is 225 Å². The number of esters is 2. The van der Waals surface area contributed by atoms with Crippen LogP contribution in [0.3, 0.4) is 0 Å². The lowest BCUT2D eigenvalue weighted by atomic mass is 9.45. The van der Waals surface area contributed by atoms with Crippen molar-refractivity contribution < 1.29 is 48.7 Å². The average molecular weight is 543 g/mol. The van der Waals surface area contributed by atoms with Crippen LogP contribution in [0.2, 0.25) is 0 Å². The number of Topliss-reactive ketones (excluding diaryl/α,β-unsaturated/α-hetero) is 2. The summed E-state index contributed by atoms with van der Waals surface area (Å²) >= 11 is 0. The molecule has 0 amide bonds. The molecule has 0 spiro atoms. The van der Waals surface area contributed by atoms with Gasteiger partial charge in [-0.15, -0.1) is 0 Å². The number of aliphatic hydroxyl groups is 3. The third-order valence-electron chi connectivity index (χ3n) is 9.74. The second kappa shape index (κ2) is 8.79. The van der Waals surface area contributed by atoms with Crippen molar-refractivity contribution in [2.75, 3.05) is 6.61 Å². The minimum absolute atomic E-state index is 0.0881. The first kappa shape index (κ1) is 27.6. The molecule has 5 rings (SSSR count). The van der Waals surface area contributed by atoms with Crippen molar-refractivity contribution in [3.05, 3.63) is 47.0 Å². The van der Waals surface area contributed by atoms with E-state index in [4.69, 9.17) is 14.2 Å². The zero-order valence-corrected chi connectivity index (χ0v) is 22.6. The van der Waals surface area contributed by atoms with Crippen LogP contribution in [0, 0.1) is 16.7 Å². The summed E-state index contributed by atoms with van der Waals surface area (Å²) in [7, 11) is 0. The number of aliphatic hydroxyl groups excluding tert-OH is 2. The summed E-state index contributed by atoms with van der Waals surface area (Å²) in [5, 5.41) is 35.1. The summed E-state index contributed by atoms with van der Waals surface area (Å²) in [5.41, 5.74) is -6.86. The van der Waals surface area contributed by atoms with Gasteiger partial charge in [-0.3, -0.25) is 14.4 Å². The van der Waals surface area contributed by atoms with Gasteiger partial charge in [-0.1, -0.05) is 32.0 Å². The van der Waals surface area contributed by atoms with Crippen molar-refractivity contribution in [2.45, 2.75) is 83.1 Å². The van der Waals surface area contributed by atoms with Gasteiger partial charge in [0.05, 0.1) is 35.7 Å². The summed E-state index contributed by atoms with van der Waals surface area (Å²) in [6, 6.07) is 8.02.